The van der Waals surface area contributed by atoms with Crippen LogP contribution in [0, 0.1) is 0 Å². The van der Waals surface area contributed by atoms with Crippen LogP contribution >= 0.6 is 11.8 Å². The molecule has 1 atom stereocenters. The Bertz CT molecular complexity index is 415. The largest absolute Gasteiger partial charge is 0.352 e. The maximum Gasteiger partial charge on any atom is 0.233 e. The zero-order chi connectivity index (χ0) is 12.4. The lowest BCUT2D eigenvalue weighted by atomic mass is 10.4. The number of carbonyl (C=O) groups is 1. The van der Waals surface area contributed by atoms with Gasteiger partial charge in [-0.2, -0.15) is 0 Å². The lowest BCUT2D eigenvalue weighted by Gasteiger charge is -2.10. The molecule has 1 aliphatic rings. The van der Waals surface area contributed by atoms with Gasteiger partial charge < -0.3 is 15.6 Å². The number of aromatic nitrogens is 3. The van der Waals surface area contributed by atoms with Crippen LogP contribution in [0.2, 0.25) is 0 Å². The van der Waals surface area contributed by atoms with Crippen LogP contribution in [-0.2, 0) is 18.4 Å². The van der Waals surface area contributed by atoms with Gasteiger partial charge in [0.2, 0.25) is 5.91 Å². The van der Waals surface area contributed by atoms with Crippen molar-refractivity contribution in [3.8, 4) is 0 Å². The molecule has 1 saturated carbocycles. The zero-order valence-corrected chi connectivity index (χ0v) is 10.8. The predicted octanol–water partition coefficient (Wildman–Crippen LogP) is 0.0330. The zero-order valence-electron chi connectivity index (χ0n) is 10.0. The third-order valence-corrected chi connectivity index (χ3v) is 3.82. The minimum absolute atomic E-state index is 0.0646. The van der Waals surface area contributed by atoms with Gasteiger partial charge in [0.05, 0.1) is 11.8 Å². The molecule has 0 aromatic carbocycles. The van der Waals surface area contributed by atoms with E-state index in [-0.39, 0.29) is 11.2 Å². The molecule has 1 aromatic rings. The van der Waals surface area contributed by atoms with Gasteiger partial charge in [-0.3, -0.25) is 4.79 Å². The van der Waals surface area contributed by atoms with E-state index < -0.39 is 0 Å². The average molecular weight is 255 g/mol. The summed E-state index contributed by atoms with van der Waals surface area (Å²) in [4.78, 5) is 11.8. The van der Waals surface area contributed by atoms with Gasteiger partial charge in [0, 0.05) is 13.1 Å². The van der Waals surface area contributed by atoms with E-state index in [0.717, 1.165) is 23.8 Å². The molecule has 17 heavy (non-hydrogen) atoms. The molecule has 2 rings (SSSR count). The Kier molecular flexibility index (Phi) is 3.68. The van der Waals surface area contributed by atoms with Crippen LogP contribution in [0.4, 0.5) is 0 Å². The average Bonchev–Trinajstić information content (AvgIpc) is 3.05. The first kappa shape index (κ1) is 12.4. The summed E-state index contributed by atoms with van der Waals surface area (Å²) in [6.07, 6.45) is 2.20. The monoisotopic (exact) mass is 255 g/mol. The maximum atomic E-state index is 11.8. The standard InChI is InChI=1S/C10H17N5OS/c1-6(9(16)12-7-3-4-7)17-10-14-13-8(5-11)15(10)2/h6-7H,3-5,11H2,1-2H3,(H,12,16). The van der Waals surface area contributed by atoms with Crippen molar-refractivity contribution in [3.63, 3.8) is 0 Å². The van der Waals surface area contributed by atoms with Gasteiger partial charge in [-0.25, -0.2) is 0 Å². The van der Waals surface area contributed by atoms with Gasteiger partial charge in [0.1, 0.15) is 5.82 Å². The summed E-state index contributed by atoms with van der Waals surface area (Å²) in [5, 5.41) is 11.5. The van der Waals surface area contributed by atoms with Crippen molar-refractivity contribution >= 4 is 17.7 Å². The maximum absolute atomic E-state index is 11.8. The third-order valence-electron chi connectivity index (χ3n) is 2.68. The van der Waals surface area contributed by atoms with Gasteiger partial charge in [-0.1, -0.05) is 11.8 Å². The van der Waals surface area contributed by atoms with E-state index in [1.807, 2.05) is 18.5 Å². The summed E-state index contributed by atoms with van der Waals surface area (Å²) >= 11 is 1.41. The lowest BCUT2D eigenvalue weighted by molar-refractivity contribution is -0.120. The second kappa shape index (κ2) is 5.05. The molecule has 1 heterocycles. The van der Waals surface area contributed by atoms with Crippen molar-refractivity contribution in [2.75, 3.05) is 0 Å². The number of nitrogens with one attached hydrogen (secondary N) is 1. The number of amides is 1. The van der Waals surface area contributed by atoms with Gasteiger partial charge >= 0.3 is 0 Å². The molecule has 1 aromatic heterocycles. The van der Waals surface area contributed by atoms with Crippen LogP contribution in [0.25, 0.3) is 0 Å². The van der Waals surface area contributed by atoms with Crippen LogP contribution in [0.1, 0.15) is 25.6 Å². The van der Waals surface area contributed by atoms with Crippen molar-refractivity contribution in [3.05, 3.63) is 5.82 Å². The topological polar surface area (TPSA) is 85.8 Å². The fraction of sp³-hybridized carbons (Fsp3) is 0.700. The minimum Gasteiger partial charge on any atom is -0.352 e. The summed E-state index contributed by atoms with van der Waals surface area (Å²) in [7, 11) is 1.86. The normalized spacial score (nSPS) is 16.9. The Labute approximate surface area is 104 Å². The van der Waals surface area contributed by atoms with Crippen molar-refractivity contribution < 1.29 is 4.79 Å². The molecular formula is C10H17N5OS. The fourth-order valence-electron chi connectivity index (χ4n) is 1.38. The molecule has 3 N–H and O–H groups in total. The highest BCUT2D eigenvalue weighted by Crippen LogP contribution is 2.24. The van der Waals surface area contributed by atoms with Gasteiger partial charge in [0.15, 0.2) is 5.16 Å². The van der Waals surface area contributed by atoms with E-state index in [4.69, 9.17) is 5.73 Å². The summed E-state index contributed by atoms with van der Waals surface area (Å²) in [6.45, 7) is 2.23. The molecule has 0 bridgehead atoms. The molecule has 1 aliphatic carbocycles. The highest BCUT2D eigenvalue weighted by Gasteiger charge is 2.26. The molecule has 1 unspecified atom stereocenters. The van der Waals surface area contributed by atoms with E-state index in [2.05, 4.69) is 15.5 Å². The molecule has 0 aliphatic heterocycles. The number of thioether (sulfide) groups is 1. The Balaban J connectivity index is 1.94. The first-order valence-corrected chi connectivity index (χ1v) is 6.55. The van der Waals surface area contributed by atoms with Crippen molar-refractivity contribution in [1.82, 2.24) is 20.1 Å². The van der Waals surface area contributed by atoms with Gasteiger partial charge in [-0.05, 0) is 19.8 Å². The third kappa shape index (κ3) is 2.98. The smallest absolute Gasteiger partial charge is 0.233 e. The molecule has 0 saturated heterocycles. The molecule has 0 radical (unpaired) electrons. The lowest BCUT2D eigenvalue weighted by Crippen LogP contribution is -2.32. The Morgan fingerprint density at radius 3 is 2.88 bits per heavy atom. The molecule has 7 heteroatoms. The molecule has 1 amide bonds. The van der Waals surface area contributed by atoms with Crippen molar-refractivity contribution in [2.24, 2.45) is 12.8 Å². The van der Waals surface area contributed by atoms with Gasteiger partial charge in [-0.15, -0.1) is 10.2 Å². The number of carbonyl (C=O) groups excluding carboxylic acids is 1. The first-order chi connectivity index (χ1) is 8.11. The van der Waals surface area contributed by atoms with Crippen LogP contribution in [0.15, 0.2) is 5.16 Å². The predicted molar refractivity (Wildman–Crippen MR) is 65.4 cm³/mol. The van der Waals surface area contributed by atoms with E-state index in [1.165, 1.54) is 11.8 Å². The number of hydrogen-bond acceptors (Lipinski definition) is 5. The molecule has 6 nitrogen and oxygen atoms in total. The Morgan fingerprint density at radius 1 is 1.65 bits per heavy atom. The molecular weight excluding hydrogens is 238 g/mol. The molecule has 0 spiro atoms. The van der Waals surface area contributed by atoms with Crippen LogP contribution in [0.5, 0.6) is 0 Å². The second-order valence-electron chi connectivity index (χ2n) is 4.20. The van der Waals surface area contributed by atoms with Crippen molar-refractivity contribution in [2.45, 2.75) is 42.8 Å². The van der Waals surface area contributed by atoms with E-state index in [9.17, 15) is 4.79 Å². The SMILES string of the molecule is CC(Sc1nnc(CN)n1C)C(=O)NC1CC1. The van der Waals surface area contributed by atoms with E-state index in [0.29, 0.717) is 12.6 Å². The Hall–Kier alpha value is -1.08. The number of nitrogens with zero attached hydrogens (tertiary/aromatic N) is 3. The summed E-state index contributed by atoms with van der Waals surface area (Å²) < 4.78 is 1.82. The van der Waals surface area contributed by atoms with E-state index >= 15 is 0 Å². The minimum atomic E-state index is -0.163. The quantitative estimate of drug-likeness (QED) is 0.725. The van der Waals surface area contributed by atoms with Crippen LogP contribution < -0.4 is 11.1 Å². The van der Waals surface area contributed by atoms with Crippen LogP contribution in [-0.4, -0.2) is 32.0 Å². The molecule has 94 valence electrons. The fourth-order valence-corrected chi connectivity index (χ4v) is 2.23. The van der Waals surface area contributed by atoms with Crippen LogP contribution in [0.3, 0.4) is 0 Å². The van der Waals surface area contributed by atoms with Crippen molar-refractivity contribution in [1.29, 1.82) is 0 Å². The summed E-state index contributed by atoms with van der Waals surface area (Å²) in [5.41, 5.74) is 5.52. The van der Waals surface area contributed by atoms with E-state index in [1.54, 1.807) is 0 Å². The second-order valence-corrected chi connectivity index (χ2v) is 5.51. The number of rotatable bonds is 5. The highest BCUT2D eigenvalue weighted by atomic mass is 32.2. The summed E-state index contributed by atoms with van der Waals surface area (Å²) in [5.74, 6) is 0.789. The number of nitrogens with two attached hydrogens (primary N) is 1. The highest BCUT2D eigenvalue weighted by molar-refractivity contribution is 8.00. The summed E-state index contributed by atoms with van der Waals surface area (Å²) in [6, 6.07) is 0.393. The van der Waals surface area contributed by atoms with Gasteiger partial charge in [0.25, 0.3) is 0 Å². The first-order valence-electron chi connectivity index (χ1n) is 5.67. The number of hydrogen-bond donors (Lipinski definition) is 2. The Morgan fingerprint density at radius 2 is 2.35 bits per heavy atom. The molecule has 1 fully saturated rings.